The minimum atomic E-state index is -3.68. The van der Waals surface area contributed by atoms with Gasteiger partial charge in [-0.15, -0.1) is 0 Å². The van der Waals surface area contributed by atoms with Crippen LogP contribution in [0.2, 0.25) is 0 Å². The Morgan fingerprint density at radius 3 is 2.41 bits per heavy atom. The Kier molecular flexibility index (Phi) is 5.45. The van der Waals surface area contributed by atoms with E-state index in [-0.39, 0.29) is 10.5 Å². The van der Waals surface area contributed by atoms with E-state index in [0.717, 1.165) is 17.0 Å². The molecule has 0 spiro atoms. The zero-order valence-corrected chi connectivity index (χ0v) is 16.5. The lowest BCUT2D eigenvalue weighted by atomic mass is 10.1. The van der Waals surface area contributed by atoms with Crippen LogP contribution >= 0.6 is 0 Å². The minimum Gasteiger partial charge on any atom is -0.359 e. The lowest BCUT2D eigenvalue weighted by molar-refractivity contribution is 0.166. The molecule has 1 aliphatic rings. The van der Waals surface area contributed by atoms with E-state index in [9.17, 15) is 13.7 Å². The van der Waals surface area contributed by atoms with Gasteiger partial charge < -0.3 is 4.52 Å². The van der Waals surface area contributed by atoms with Gasteiger partial charge in [0.25, 0.3) is 0 Å². The van der Waals surface area contributed by atoms with Crippen LogP contribution in [0, 0.1) is 11.3 Å². The molecule has 4 rings (SSSR count). The second kappa shape index (κ2) is 8.17. The van der Waals surface area contributed by atoms with Crippen molar-refractivity contribution in [2.45, 2.75) is 11.4 Å². The Balaban J connectivity index is 1.40. The fourth-order valence-corrected chi connectivity index (χ4v) is 4.97. The zero-order chi connectivity index (χ0) is 20.3. The lowest BCUT2D eigenvalue weighted by Crippen LogP contribution is -2.48. The maximum atomic E-state index is 12.9. The van der Waals surface area contributed by atoms with Crippen molar-refractivity contribution in [3.8, 4) is 17.3 Å². The second-order valence-electron chi connectivity index (χ2n) is 6.83. The molecular weight excluding hydrogens is 388 g/mol. The van der Waals surface area contributed by atoms with Crippen LogP contribution in [0.15, 0.2) is 70.1 Å². The van der Waals surface area contributed by atoms with Crippen molar-refractivity contribution in [1.82, 2.24) is 14.4 Å². The summed E-state index contributed by atoms with van der Waals surface area (Å²) in [4.78, 5) is 2.20. The van der Waals surface area contributed by atoms with Gasteiger partial charge in [0.1, 0.15) is 11.8 Å². The molecule has 0 amide bonds. The van der Waals surface area contributed by atoms with E-state index < -0.39 is 10.0 Å². The fraction of sp³-hybridized carbons (Fsp3) is 0.238. The highest BCUT2D eigenvalue weighted by Crippen LogP contribution is 2.23. The zero-order valence-electron chi connectivity index (χ0n) is 15.7. The Bertz CT molecular complexity index is 1130. The summed E-state index contributed by atoms with van der Waals surface area (Å²) in [5.41, 5.74) is 1.95. The van der Waals surface area contributed by atoms with Crippen molar-refractivity contribution < 1.29 is 12.9 Å². The molecule has 0 unspecified atom stereocenters. The number of nitriles is 1. The Morgan fingerprint density at radius 1 is 1.00 bits per heavy atom. The van der Waals surface area contributed by atoms with Crippen molar-refractivity contribution in [3.63, 3.8) is 0 Å². The van der Waals surface area contributed by atoms with Gasteiger partial charge in [0, 0.05) is 37.8 Å². The molecule has 0 bridgehead atoms. The molecular formula is C21H20N4O3S. The summed E-state index contributed by atoms with van der Waals surface area (Å²) < 4.78 is 32.7. The first-order valence-corrected chi connectivity index (χ1v) is 10.7. The predicted molar refractivity (Wildman–Crippen MR) is 107 cm³/mol. The van der Waals surface area contributed by atoms with Crippen molar-refractivity contribution >= 4 is 10.0 Å². The molecule has 1 aliphatic heterocycles. The summed E-state index contributed by atoms with van der Waals surface area (Å²) in [5, 5.41) is 13.3. The highest BCUT2D eigenvalue weighted by molar-refractivity contribution is 7.89. The number of rotatable bonds is 5. The van der Waals surface area contributed by atoms with Gasteiger partial charge in [-0.25, -0.2) is 8.42 Å². The topological polar surface area (TPSA) is 90.4 Å². The Labute approximate surface area is 169 Å². The van der Waals surface area contributed by atoms with Gasteiger partial charge in [-0.05, 0) is 12.1 Å². The Morgan fingerprint density at radius 2 is 1.69 bits per heavy atom. The molecule has 1 aromatic heterocycles. The molecule has 0 atom stereocenters. The van der Waals surface area contributed by atoms with Crippen LogP contribution in [0.3, 0.4) is 0 Å². The number of nitrogens with zero attached hydrogens (tertiary/aromatic N) is 4. The summed E-state index contributed by atoms with van der Waals surface area (Å²) >= 11 is 0. The molecule has 0 N–H and O–H groups in total. The number of benzene rings is 2. The molecule has 148 valence electrons. The third-order valence-corrected chi connectivity index (χ3v) is 6.92. The second-order valence-corrected chi connectivity index (χ2v) is 8.74. The molecule has 8 heteroatoms. The highest BCUT2D eigenvalue weighted by Gasteiger charge is 2.30. The van der Waals surface area contributed by atoms with Gasteiger partial charge in [0.05, 0.1) is 17.0 Å². The number of aromatic nitrogens is 1. The van der Waals surface area contributed by atoms with Gasteiger partial charge in [0.15, 0.2) is 5.76 Å². The first-order chi connectivity index (χ1) is 14.1. The quantitative estimate of drug-likeness (QED) is 0.645. The summed E-state index contributed by atoms with van der Waals surface area (Å²) in [7, 11) is -3.68. The molecule has 2 heterocycles. The average Bonchev–Trinajstić information content (AvgIpc) is 3.23. The summed E-state index contributed by atoms with van der Waals surface area (Å²) in [6.45, 7) is 2.46. The molecule has 1 saturated heterocycles. The first-order valence-electron chi connectivity index (χ1n) is 9.30. The molecule has 0 aliphatic carbocycles. The van der Waals surface area contributed by atoms with E-state index >= 15 is 0 Å². The fourth-order valence-electron chi connectivity index (χ4n) is 3.40. The lowest BCUT2D eigenvalue weighted by Gasteiger charge is -2.33. The third kappa shape index (κ3) is 4.07. The standard InChI is InChI=1S/C21H20N4O3S/c22-15-18-8-4-5-9-21(18)29(26,27)25-12-10-24(11-13-25)16-19-14-20(23-28-19)17-6-2-1-3-7-17/h1-9,14H,10-13,16H2. The van der Waals surface area contributed by atoms with Gasteiger partial charge in [-0.3, -0.25) is 4.90 Å². The van der Waals surface area contributed by atoms with Crippen LogP contribution in [0.5, 0.6) is 0 Å². The molecule has 3 aromatic rings. The van der Waals surface area contributed by atoms with Crippen LogP contribution in [-0.4, -0.2) is 49.0 Å². The van der Waals surface area contributed by atoms with Crippen molar-refractivity contribution in [2.24, 2.45) is 0 Å². The normalized spacial score (nSPS) is 15.8. The van der Waals surface area contributed by atoms with Crippen LogP contribution in [-0.2, 0) is 16.6 Å². The number of sulfonamides is 1. The van der Waals surface area contributed by atoms with Crippen molar-refractivity contribution in [3.05, 3.63) is 72.0 Å². The smallest absolute Gasteiger partial charge is 0.244 e. The van der Waals surface area contributed by atoms with Gasteiger partial charge in [0.2, 0.25) is 10.0 Å². The van der Waals surface area contributed by atoms with E-state index in [1.807, 2.05) is 42.5 Å². The van der Waals surface area contributed by atoms with Gasteiger partial charge in [-0.2, -0.15) is 9.57 Å². The van der Waals surface area contributed by atoms with Crippen molar-refractivity contribution in [1.29, 1.82) is 5.26 Å². The molecule has 0 radical (unpaired) electrons. The first kappa shape index (κ1) is 19.3. The predicted octanol–water partition coefficient (Wildman–Crippen LogP) is 2.72. The van der Waals surface area contributed by atoms with Gasteiger partial charge >= 0.3 is 0 Å². The van der Waals surface area contributed by atoms with Crippen LogP contribution in [0.25, 0.3) is 11.3 Å². The van der Waals surface area contributed by atoms with Crippen LogP contribution < -0.4 is 0 Å². The maximum absolute atomic E-state index is 12.9. The molecule has 1 fully saturated rings. The number of piperazine rings is 1. The maximum Gasteiger partial charge on any atom is 0.244 e. The van der Waals surface area contributed by atoms with E-state index in [1.54, 1.807) is 12.1 Å². The van der Waals surface area contributed by atoms with E-state index in [2.05, 4.69) is 10.1 Å². The van der Waals surface area contributed by atoms with E-state index in [0.29, 0.717) is 32.7 Å². The highest BCUT2D eigenvalue weighted by atomic mass is 32.2. The minimum absolute atomic E-state index is 0.0682. The number of hydrogen-bond donors (Lipinski definition) is 0. The molecule has 2 aromatic carbocycles. The van der Waals surface area contributed by atoms with Crippen LogP contribution in [0.1, 0.15) is 11.3 Å². The largest absolute Gasteiger partial charge is 0.359 e. The summed E-state index contributed by atoms with van der Waals surface area (Å²) in [6, 6.07) is 20.0. The molecule has 7 nitrogen and oxygen atoms in total. The summed E-state index contributed by atoms with van der Waals surface area (Å²) in [5.74, 6) is 0.745. The third-order valence-electron chi connectivity index (χ3n) is 4.96. The van der Waals surface area contributed by atoms with E-state index in [4.69, 9.17) is 4.52 Å². The molecule has 29 heavy (non-hydrogen) atoms. The monoisotopic (exact) mass is 408 g/mol. The van der Waals surface area contributed by atoms with Crippen molar-refractivity contribution in [2.75, 3.05) is 26.2 Å². The van der Waals surface area contributed by atoms with E-state index in [1.165, 1.54) is 16.4 Å². The Hall–Kier alpha value is -2.99. The van der Waals surface area contributed by atoms with Gasteiger partial charge in [-0.1, -0.05) is 47.6 Å². The number of hydrogen-bond acceptors (Lipinski definition) is 6. The molecule has 0 saturated carbocycles. The van der Waals surface area contributed by atoms with Crippen LogP contribution in [0.4, 0.5) is 0 Å². The summed E-state index contributed by atoms with van der Waals surface area (Å²) in [6.07, 6.45) is 0. The average molecular weight is 408 g/mol. The SMILES string of the molecule is N#Cc1ccccc1S(=O)(=O)N1CCN(Cc2cc(-c3ccccc3)no2)CC1.